The van der Waals surface area contributed by atoms with Gasteiger partial charge >= 0.3 is 0 Å². The first-order valence-corrected chi connectivity index (χ1v) is 7.28. The van der Waals surface area contributed by atoms with Gasteiger partial charge in [-0.25, -0.2) is 4.39 Å². The van der Waals surface area contributed by atoms with Gasteiger partial charge in [0.15, 0.2) is 0 Å². The van der Waals surface area contributed by atoms with Gasteiger partial charge in [0.25, 0.3) is 0 Å². The zero-order chi connectivity index (χ0) is 14.4. The van der Waals surface area contributed by atoms with Gasteiger partial charge in [0, 0.05) is 17.5 Å². The highest BCUT2D eigenvalue weighted by molar-refractivity contribution is 6.31. The van der Waals surface area contributed by atoms with Crippen molar-refractivity contribution in [2.45, 2.75) is 19.3 Å². The van der Waals surface area contributed by atoms with Crippen molar-refractivity contribution in [1.82, 2.24) is 5.32 Å². The molecule has 1 unspecified atom stereocenters. The van der Waals surface area contributed by atoms with Crippen LogP contribution in [0.3, 0.4) is 0 Å². The lowest BCUT2D eigenvalue weighted by atomic mass is 9.92. The van der Waals surface area contributed by atoms with Crippen molar-refractivity contribution in [3.63, 3.8) is 0 Å². The van der Waals surface area contributed by atoms with Crippen LogP contribution in [-0.2, 0) is 6.42 Å². The first-order valence-electron chi connectivity index (χ1n) is 6.90. The predicted octanol–water partition coefficient (Wildman–Crippen LogP) is 4.41. The lowest BCUT2D eigenvalue weighted by molar-refractivity contribution is 0.590. The van der Waals surface area contributed by atoms with Crippen molar-refractivity contribution in [2.24, 2.45) is 0 Å². The molecule has 2 aromatic carbocycles. The van der Waals surface area contributed by atoms with Crippen LogP contribution in [0.1, 0.15) is 24.0 Å². The zero-order valence-corrected chi connectivity index (χ0v) is 12.3. The number of halogens is 2. The highest BCUT2D eigenvalue weighted by Crippen LogP contribution is 2.25. The Bertz CT molecular complexity index is 539. The molecule has 0 spiro atoms. The van der Waals surface area contributed by atoms with Crippen LogP contribution in [-0.4, -0.2) is 13.1 Å². The van der Waals surface area contributed by atoms with E-state index in [0.717, 1.165) is 35.7 Å². The second-order valence-electron chi connectivity index (χ2n) is 4.85. The molecule has 20 heavy (non-hydrogen) atoms. The van der Waals surface area contributed by atoms with Gasteiger partial charge in [-0.1, -0.05) is 48.9 Å². The minimum atomic E-state index is -0.200. The first-order chi connectivity index (χ1) is 9.70. The summed E-state index contributed by atoms with van der Waals surface area (Å²) in [5.41, 5.74) is 2.26. The normalized spacial score (nSPS) is 12.3. The first kappa shape index (κ1) is 15.0. The molecule has 0 aromatic heterocycles. The maximum absolute atomic E-state index is 13.1. The molecule has 0 aliphatic rings. The number of benzene rings is 2. The molecule has 1 atom stereocenters. The van der Waals surface area contributed by atoms with Crippen molar-refractivity contribution < 1.29 is 4.39 Å². The van der Waals surface area contributed by atoms with Crippen LogP contribution in [0.2, 0.25) is 5.02 Å². The number of rotatable bonds is 6. The fourth-order valence-electron chi connectivity index (χ4n) is 2.29. The van der Waals surface area contributed by atoms with E-state index in [4.69, 9.17) is 11.6 Å². The van der Waals surface area contributed by atoms with E-state index in [2.05, 4.69) is 12.2 Å². The van der Waals surface area contributed by atoms with Crippen LogP contribution in [0.25, 0.3) is 0 Å². The van der Waals surface area contributed by atoms with Crippen molar-refractivity contribution in [2.75, 3.05) is 13.1 Å². The molecule has 2 aromatic rings. The van der Waals surface area contributed by atoms with E-state index in [0.29, 0.717) is 0 Å². The number of likely N-dealkylation sites (N-methyl/N-ethyl adjacent to an activating group) is 1. The molecule has 0 amide bonds. The van der Waals surface area contributed by atoms with Gasteiger partial charge in [-0.15, -0.1) is 0 Å². The Hall–Kier alpha value is -1.38. The molecule has 2 rings (SSSR count). The van der Waals surface area contributed by atoms with Gasteiger partial charge in [-0.2, -0.15) is 0 Å². The van der Waals surface area contributed by atoms with Crippen molar-refractivity contribution in [3.05, 3.63) is 70.5 Å². The third-order valence-corrected chi connectivity index (χ3v) is 3.78. The van der Waals surface area contributed by atoms with Gasteiger partial charge in [0.2, 0.25) is 0 Å². The number of hydrogen-bond donors (Lipinski definition) is 1. The Morgan fingerprint density at radius 1 is 1.10 bits per heavy atom. The molecule has 0 radical (unpaired) electrons. The number of nitrogens with one attached hydrogen (secondary N) is 1. The Balaban J connectivity index is 2.19. The lowest BCUT2D eigenvalue weighted by Gasteiger charge is -2.18. The second-order valence-corrected chi connectivity index (χ2v) is 5.26. The van der Waals surface area contributed by atoms with Crippen LogP contribution in [0.4, 0.5) is 4.39 Å². The summed E-state index contributed by atoms with van der Waals surface area (Å²) >= 11 is 6.23. The highest BCUT2D eigenvalue weighted by atomic mass is 35.5. The van der Waals surface area contributed by atoms with Crippen LogP contribution in [0.5, 0.6) is 0 Å². The summed E-state index contributed by atoms with van der Waals surface area (Å²) < 4.78 is 13.1. The molecule has 0 saturated carbocycles. The Kier molecular flexibility index (Phi) is 5.57. The molecular weight excluding hydrogens is 273 g/mol. The van der Waals surface area contributed by atoms with Crippen LogP contribution < -0.4 is 5.32 Å². The average Bonchev–Trinajstić information content (AvgIpc) is 2.46. The van der Waals surface area contributed by atoms with Gasteiger partial charge in [0.1, 0.15) is 5.82 Å². The summed E-state index contributed by atoms with van der Waals surface area (Å²) in [7, 11) is 0. The average molecular weight is 292 g/mol. The van der Waals surface area contributed by atoms with Gasteiger partial charge in [-0.3, -0.25) is 0 Å². The molecule has 1 N–H and O–H groups in total. The van der Waals surface area contributed by atoms with E-state index >= 15 is 0 Å². The van der Waals surface area contributed by atoms with E-state index in [1.807, 2.05) is 36.4 Å². The summed E-state index contributed by atoms with van der Waals surface area (Å²) in [6.07, 6.45) is 0.846. The summed E-state index contributed by atoms with van der Waals surface area (Å²) in [5.74, 6) is 0.0872. The smallest absolute Gasteiger partial charge is 0.123 e. The molecular formula is C17H19ClFN. The Morgan fingerprint density at radius 2 is 1.80 bits per heavy atom. The lowest BCUT2D eigenvalue weighted by Crippen LogP contribution is -2.22. The summed E-state index contributed by atoms with van der Waals surface area (Å²) in [6.45, 7) is 3.85. The molecule has 0 bridgehead atoms. The summed E-state index contributed by atoms with van der Waals surface area (Å²) in [4.78, 5) is 0. The third-order valence-electron chi connectivity index (χ3n) is 3.41. The molecule has 1 nitrogen and oxygen atoms in total. The minimum Gasteiger partial charge on any atom is -0.316 e. The standard InChI is InChI=1S/C17H19ClFN/c1-2-20-12-15(13-7-9-16(19)10-8-13)11-14-5-3-4-6-17(14)18/h3-10,15,20H,2,11-12H2,1H3. The maximum atomic E-state index is 13.1. The quantitative estimate of drug-likeness (QED) is 0.831. The van der Waals surface area contributed by atoms with Crippen molar-refractivity contribution >= 4 is 11.6 Å². The van der Waals surface area contributed by atoms with Crippen molar-refractivity contribution in [1.29, 1.82) is 0 Å². The van der Waals surface area contributed by atoms with Gasteiger partial charge < -0.3 is 5.32 Å². The third kappa shape index (κ3) is 4.06. The van der Waals surface area contributed by atoms with E-state index < -0.39 is 0 Å². The van der Waals surface area contributed by atoms with E-state index in [1.54, 1.807) is 0 Å². The number of hydrogen-bond acceptors (Lipinski definition) is 1. The van der Waals surface area contributed by atoms with Crippen LogP contribution in [0.15, 0.2) is 48.5 Å². The zero-order valence-electron chi connectivity index (χ0n) is 11.6. The molecule has 0 aliphatic carbocycles. The molecule has 0 aliphatic heterocycles. The molecule has 0 fully saturated rings. The fraction of sp³-hybridized carbons (Fsp3) is 0.294. The largest absolute Gasteiger partial charge is 0.316 e. The highest BCUT2D eigenvalue weighted by Gasteiger charge is 2.13. The predicted molar refractivity (Wildman–Crippen MR) is 82.8 cm³/mol. The summed E-state index contributed by atoms with van der Waals surface area (Å²) in [5, 5.41) is 4.15. The minimum absolute atomic E-state index is 0.200. The van der Waals surface area contributed by atoms with E-state index in [9.17, 15) is 4.39 Å². The van der Waals surface area contributed by atoms with Gasteiger partial charge in [0.05, 0.1) is 0 Å². The molecule has 106 valence electrons. The Labute approximate surface area is 124 Å². The maximum Gasteiger partial charge on any atom is 0.123 e. The molecule has 0 saturated heterocycles. The summed E-state index contributed by atoms with van der Waals surface area (Å²) in [6, 6.07) is 14.6. The Morgan fingerprint density at radius 3 is 2.45 bits per heavy atom. The van der Waals surface area contributed by atoms with E-state index in [1.165, 1.54) is 12.1 Å². The monoisotopic (exact) mass is 291 g/mol. The SMILES string of the molecule is CCNCC(Cc1ccccc1Cl)c1ccc(F)cc1. The molecule has 3 heteroatoms. The topological polar surface area (TPSA) is 12.0 Å². The van der Waals surface area contributed by atoms with E-state index in [-0.39, 0.29) is 11.7 Å². The fourth-order valence-corrected chi connectivity index (χ4v) is 2.50. The van der Waals surface area contributed by atoms with Crippen LogP contribution in [0, 0.1) is 5.82 Å². The van der Waals surface area contributed by atoms with Crippen LogP contribution >= 0.6 is 11.6 Å². The molecule has 0 heterocycles. The van der Waals surface area contributed by atoms with Gasteiger partial charge in [-0.05, 0) is 42.3 Å². The van der Waals surface area contributed by atoms with Crippen molar-refractivity contribution in [3.8, 4) is 0 Å². The second kappa shape index (κ2) is 7.41.